The third-order valence-corrected chi connectivity index (χ3v) is 7.95. The minimum Gasteiger partial charge on any atom is -0.312 e. The van der Waals surface area contributed by atoms with Crippen LogP contribution in [0.15, 0.2) is 47.4 Å². The van der Waals surface area contributed by atoms with E-state index in [0.29, 0.717) is 19.5 Å². The molecule has 2 aromatic carbocycles. The van der Waals surface area contributed by atoms with Gasteiger partial charge in [-0.3, -0.25) is 9.59 Å². The van der Waals surface area contributed by atoms with Crippen molar-refractivity contribution in [3.05, 3.63) is 53.6 Å². The number of hydrogen-bond acceptors (Lipinski definition) is 4. The monoisotopic (exact) mass is 453 g/mol. The molecule has 32 heavy (non-hydrogen) atoms. The normalized spacial score (nSPS) is 17.8. The van der Waals surface area contributed by atoms with Gasteiger partial charge < -0.3 is 9.80 Å². The van der Waals surface area contributed by atoms with Crippen LogP contribution >= 0.6 is 0 Å². The number of aryl methyl sites for hydroxylation is 1. The van der Waals surface area contributed by atoms with Crippen LogP contribution in [0.3, 0.4) is 0 Å². The molecule has 1 aliphatic carbocycles. The lowest BCUT2D eigenvalue weighted by molar-refractivity contribution is -0.120. The SMILES string of the molecule is O=C(CCNS(=O)(=O)c1ccc2c(c1)CCN2C(=O)C1CC1)N1CCCc2ccccc21. The largest absolute Gasteiger partial charge is 0.312 e. The zero-order valence-electron chi connectivity index (χ0n) is 17.9. The van der Waals surface area contributed by atoms with Crippen LogP contribution in [-0.4, -0.2) is 39.9 Å². The molecule has 7 nitrogen and oxygen atoms in total. The zero-order valence-corrected chi connectivity index (χ0v) is 18.7. The maximum atomic E-state index is 12.8. The zero-order chi connectivity index (χ0) is 22.3. The van der Waals surface area contributed by atoms with Gasteiger partial charge in [-0.05, 0) is 67.5 Å². The van der Waals surface area contributed by atoms with E-state index in [9.17, 15) is 18.0 Å². The summed E-state index contributed by atoms with van der Waals surface area (Å²) in [6.45, 7) is 1.31. The first-order chi connectivity index (χ1) is 15.4. The summed E-state index contributed by atoms with van der Waals surface area (Å²) in [6.07, 6.45) is 4.51. The van der Waals surface area contributed by atoms with Crippen LogP contribution in [0.5, 0.6) is 0 Å². The molecule has 0 aromatic heterocycles. The summed E-state index contributed by atoms with van der Waals surface area (Å²) in [5.41, 5.74) is 3.78. The Balaban J connectivity index is 1.22. The van der Waals surface area contributed by atoms with Crippen LogP contribution in [0.2, 0.25) is 0 Å². The number of rotatable bonds is 6. The van der Waals surface area contributed by atoms with E-state index in [4.69, 9.17) is 0 Å². The molecule has 0 spiro atoms. The molecule has 0 bridgehead atoms. The second-order valence-corrected chi connectivity index (χ2v) is 10.5. The van der Waals surface area contributed by atoms with Crippen LogP contribution in [0.25, 0.3) is 0 Å². The van der Waals surface area contributed by atoms with E-state index < -0.39 is 10.0 Å². The average molecular weight is 454 g/mol. The molecule has 0 unspecified atom stereocenters. The number of fused-ring (bicyclic) bond motifs is 2. The Labute approximate surface area is 188 Å². The third-order valence-electron chi connectivity index (χ3n) is 6.49. The Morgan fingerprint density at radius 2 is 1.72 bits per heavy atom. The summed E-state index contributed by atoms with van der Waals surface area (Å²) < 4.78 is 28.2. The Morgan fingerprint density at radius 1 is 0.938 bits per heavy atom. The lowest BCUT2D eigenvalue weighted by atomic mass is 10.0. The number of nitrogens with one attached hydrogen (secondary N) is 1. The first-order valence-electron chi connectivity index (χ1n) is 11.3. The fourth-order valence-corrected chi connectivity index (χ4v) is 5.71. The molecule has 1 saturated carbocycles. The van der Waals surface area contributed by atoms with Gasteiger partial charge in [-0.1, -0.05) is 18.2 Å². The van der Waals surface area contributed by atoms with Crippen molar-refractivity contribution >= 4 is 33.2 Å². The van der Waals surface area contributed by atoms with Crippen LogP contribution in [0, 0.1) is 5.92 Å². The number of para-hydroxylation sites is 1. The van der Waals surface area contributed by atoms with Gasteiger partial charge in [0.2, 0.25) is 21.8 Å². The van der Waals surface area contributed by atoms with Crippen molar-refractivity contribution in [3.63, 3.8) is 0 Å². The maximum Gasteiger partial charge on any atom is 0.240 e. The van der Waals surface area contributed by atoms with Crippen LogP contribution in [-0.2, 0) is 32.5 Å². The van der Waals surface area contributed by atoms with Crippen LogP contribution in [0.1, 0.15) is 36.8 Å². The topological polar surface area (TPSA) is 86.8 Å². The molecule has 1 fully saturated rings. The minimum absolute atomic E-state index is 0.0449. The molecule has 1 N–H and O–H groups in total. The third kappa shape index (κ3) is 4.04. The van der Waals surface area contributed by atoms with Gasteiger partial charge in [0.15, 0.2) is 0 Å². The van der Waals surface area contributed by atoms with Crippen molar-refractivity contribution in [2.45, 2.75) is 43.4 Å². The van der Waals surface area contributed by atoms with Gasteiger partial charge in [-0.2, -0.15) is 0 Å². The molecule has 2 aliphatic heterocycles. The van der Waals surface area contributed by atoms with Gasteiger partial charge in [0, 0.05) is 43.3 Å². The Hall–Kier alpha value is -2.71. The first kappa shape index (κ1) is 21.2. The highest BCUT2D eigenvalue weighted by molar-refractivity contribution is 7.89. The van der Waals surface area contributed by atoms with E-state index in [0.717, 1.165) is 48.2 Å². The van der Waals surface area contributed by atoms with Gasteiger partial charge in [-0.25, -0.2) is 13.1 Å². The maximum absolute atomic E-state index is 12.8. The second kappa shape index (κ2) is 8.33. The van der Waals surface area contributed by atoms with E-state index in [1.165, 1.54) is 0 Å². The van der Waals surface area contributed by atoms with Gasteiger partial charge in [0.25, 0.3) is 0 Å². The van der Waals surface area contributed by atoms with Crippen molar-refractivity contribution in [1.29, 1.82) is 0 Å². The number of carbonyl (C=O) groups is 2. The van der Waals surface area contributed by atoms with Crippen molar-refractivity contribution < 1.29 is 18.0 Å². The Morgan fingerprint density at radius 3 is 2.53 bits per heavy atom. The molecule has 0 radical (unpaired) electrons. The Bertz CT molecular complexity index is 1170. The number of anilines is 2. The molecule has 2 heterocycles. The van der Waals surface area contributed by atoms with E-state index >= 15 is 0 Å². The summed E-state index contributed by atoms with van der Waals surface area (Å²) >= 11 is 0. The quantitative estimate of drug-likeness (QED) is 0.729. The molecule has 168 valence electrons. The van der Waals surface area contributed by atoms with E-state index in [-0.39, 0.29) is 35.6 Å². The van der Waals surface area contributed by atoms with Crippen molar-refractivity contribution in [1.82, 2.24) is 4.72 Å². The number of amides is 2. The van der Waals surface area contributed by atoms with E-state index in [1.807, 2.05) is 24.3 Å². The second-order valence-electron chi connectivity index (χ2n) is 8.73. The molecule has 2 amide bonds. The lowest BCUT2D eigenvalue weighted by Gasteiger charge is -2.29. The summed E-state index contributed by atoms with van der Waals surface area (Å²) in [5, 5.41) is 0. The molecule has 0 atom stereocenters. The minimum atomic E-state index is -3.73. The number of benzene rings is 2. The van der Waals surface area contributed by atoms with Crippen LogP contribution < -0.4 is 14.5 Å². The predicted octanol–water partition coefficient (Wildman–Crippen LogP) is 2.63. The van der Waals surface area contributed by atoms with Crippen LogP contribution in [0.4, 0.5) is 11.4 Å². The number of nitrogens with zero attached hydrogens (tertiary/aromatic N) is 2. The smallest absolute Gasteiger partial charge is 0.240 e. The highest BCUT2D eigenvalue weighted by Gasteiger charge is 2.36. The molecule has 8 heteroatoms. The van der Waals surface area contributed by atoms with Gasteiger partial charge in [0.1, 0.15) is 0 Å². The fourth-order valence-electron chi connectivity index (χ4n) is 4.63. The molecule has 3 aliphatic rings. The molecular formula is C24H27N3O4S. The molecule has 5 rings (SSSR count). The number of sulfonamides is 1. The number of hydrogen-bond donors (Lipinski definition) is 1. The van der Waals surface area contributed by atoms with Crippen molar-refractivity contribution in [3.8, 4) is 0 Å². The summed E-state index contributed by atoms with van der Waals surface area (Å²) in [4.78, 5) is 28.9. The summed E-state index contributed by atoms with van der Waals surface area (Å²) in [5.74, 6) is 0.203. The van der Waals surface area contributed by atoms with E-state index in [1.54, 1.807) is 28.0 Å². The molecule has 0 saturated heterocycles. The lowest BCUT2D eigenvalue weighted by Crippen LogP contribution is -2.37. The van der Waals surface area contributed by atoms with Gasteiger partial charge >= 0.3 is 0 Å². The van der Waals surface area contributed by atoms with E-state index in [2.05, 4.69) is 4.72 Å². The molecular weight excluding hydrogens is 426 g/mol. The fraction of sp³-hybridized carbons (Fsp3) is 0.417. The average Bonchev–Trinajstić information content (AvgIpc) is 3.57. The highest BCUT2D eigenvalue weighted by atomic mass is 32.2. The highest BCUT2D eigenvalue weighted by Crippen LogP contribution is 2.37. The predicted molar refractivity (Wildman–Crippen MR) is 122 cm³/mol. The standard InChI is InChI=1S/C24H27N3O4S/c28-23(26-14-3-5-17-4-1-2-6-21(17)26)11-13-25-32(30,31)20-9-10-22-19(16-20)12-15-27(22)24(29)18-7-8-18/h1-2,4,6,9-10,16,18,25H,3,5,7-8,11-15H2. The summed E-state index contributed by atoms with van der Waals surface area (Å²) in [6, 6.07) is 12.8. The number of carbonyl (C=O) groups excluding carboxylic acids is 2. The Kier molecular flexibility index (Phi) is 5.51. The summed E-state index contributed by atoms with van der Waals surface area (Å²) in [7, 11) is -3.73. The van der Waals surface area contributed by atoms with Crippen molar-refractivity contribution in [2.75, 3.05) is 29.4 Å². The van der Waals surface area contributed by atoms with Gasteiger partial charge in [0.05, 0.1) is 4.90 Å². The van der Waals surface area contributed by atoms with Gasteiger partial charge in [-0.15, -0.1) is 0 Å². The van der Waals surface area contributed by atoms with Crippen molar-refractivity contribution in [2.24, 2.45) is 5.92 Å². The molecule has 2 aromatic rings. The first-order valence-corrected chi connectivity index (χ1v) is 12.7.